The minimum absolute atomic E-state index is 0.00565. The highest BCUT2D eigenvalue weighted by Crippen LogP contribution is 2.15. The molecule has 0 spiro atoms. The summed E-state index contributed by atoms with van der Waals surface area (Å²) in [5.74, 6) is 0.748. The van der Waals surface area contributed by atoms with E-state index in [2.05, 4.69) is 12.2 Å². The van der Waals surface area contributed by atoms with Crippen LogP contribution >= 0.6 is 0 Å². The summed E-state index contributed by atoms with van der Waals surface area (Å²) in [6.07, 6.45) is 19.0. The highest BCUT2D eigenvalue weighted by molar-refractivity contribution is 5.94. The molecule has 0 aromatic heterocycles. The number of amides is 1. The third-order valence-electron chi connectivity index (χ3n) is 5.28. The Hall–Kier alpha value is -1.51. The van der Waals surface area contributed by atoms with Crippen LogP contribution in [0.2, 0.25) is 0 Å². The normalized spacial score (nSPS) is 11.0. The van der Waals surface area contributed by atoms with Crippen LogP contribution in [0.3, 0.4) is 0 Å². The monoisotopic (exact) mass is 403 g/mol. The molecule has 166 valence electrons. The zero-order valence-electron chi connectivity index (χ0n) is 19.3. The Labute approximate surface area is 180 Å². The predicted octanol–water partition coefficient (Wildman–Crippen LogP) is 7.68. The van der Waals surface area contributed by atoms with Gasteiger partial charge in [0, 0.05) is 12.1 Å². The summed E-state index contributed by atoms with van der Waals surface area (Å²) >= 11 is 0. The van der Waals surface area contributed by atoms with E-state index in [0.717, 1.165) is 18.7 Å². The van der Waals surface area contributed by atoms with Gasteiger partial charge in [0.1, 0.15) is 5.75 Å². The SMILES string of the molecule is CCCCCCCCCCCCCCCCNC(=O)c1cccc(OC(C)C)c1. The van der Waals surface area contributed by atoms with Crippen LogP contribution in [0.15, 0.2) is 24.3 Å². The molecule has 3 nitrogen and oxygen atoms in total. The van der Waals surface area contributed by atoms with Gasteiger partial charge in [0.15, 0.2) is 0 Å². The van der Waals surface area contributed by atoms with Crippen molar-refractivity contribution >= 4 is 5.91 Å². The first-order valence-corrected chi connectivity index (χ1v) is 12.2. The summed E-state index contributed by atoms with van der Waals surface area (Å²) < 4.78 is 5.66. The first-order valence-electron chi connectivity index (χ1n) is 12.2. The lowest BCUT2D eigenvalue weighted by atomic mass is 10.0. The smallest absolute Gasteiger partial charge is 0.251 e. The number of hydrogen-bond donors (Lipinski definition) is 1. The molecule has 0 fully saturated rings. The molecular formula is C26H45NO2. The number of ether oxygens (including phenoxy) is 1. The second kappa shape index (κ2) is 17.4. The average molecular weight is 404 g/mol. The van der Waals surface area contributed by atoms with Gasteiger partial charge in [-0.05, 0) is 38.5 Å². The van der Waals surface area contributed by atoms with Crippen LogP contribution in [0, 0.1) is 0 Å². The minimum Gasteiger partial charge on any atom is -0.491 e. The molecule has 3 heteroatoms. The molecule has 1 rings (SSSR count). The maximum atomic E-state index is 12.2. The fourth-order valence-electron chi connectivity index (χ4n) is 3.61. The summed E-state index contributed by atoms with van der Waals surface area (Å²) in [7, 11) is 0. The predicted molar refractivity (Wildman–Crippen MR) is 125 cm³/mol. The van der Waals surface area contributed by atoms with Crippen molar-refractivity contribution in [3.63, 3.8) is 0 Å². The van der Waals surface area contributed by atoms with Crippen molar-refractivity contribution in [3.05, 3.63) is 29.8 Å². The zero-order valence-corrected chi connectivity index (χ0v) is 19.3. The summed E-state index contributed by atoms with van der Waals surface area (Å²) in [4.78, 5) is 12.2. The van der Waals surface area contributed by atoms with Crippen molar-refractivity contribution in [3.8, 4) is 5.75 Å². The van der Waals surface area contributed by atoms with Crippen LogP contribution in [-0.2, 0) is 0 Å². The molecule has 29 heavy (non-hydrogen) atoms. The third-order valence-corrected chi connectivity index (χ3v) is 5.28. The van der Waals surface area contributed by atoms with Crippen LogP contribution in [0.1, 0.15) is 121 Å². The van der Waals surface area contributed by atoms with E-state index < -0.39 is 0 Å². The van der Waals surface area contributed by atoms with E-state index in [-0.39, 0.29) is 12.0 Å². The Kier molecular flexibility index (Phi) is 15.3. The van der Waals surface area contributed by atoms with Gasteiger partial charge in [-0.15, -0.1) is 0 Å². The van der Waals surface area contributed by atoms with Gasteiger partial charge in [-0.3, -0.25) is 4.79 Å². The van der Waals surface area contributed by atoms with Crippen LogP contribution < -0.4 is 10.1 Å². The highest BCUT2D eigenvalue weighted by Gasteiger charge is 2.06. The first kappa shape index (κ1) is 25.5. The Balaban J connectivity index is 1.94. The van der Waals surface area contributed by atoms with Gasteiger partial charge in [0.2, 0.25) is 0 Å². The van der Waals surface area contributed by atoms with Gasteiger partial charge < -0.3 is 10.1 Å². The summed E-state index contributed by atoms with van der Waals surface area (Å²) in [6.45, 7) is 7.01. The van der Waals surface area contributed by atoms with Crippen molar-refractivity contribution in [2.45, 2.75) is 117 Å². The summed E-state index contributed by atoms with van der Waals surface area (Å²) in [5.41, 5.74) is 0.675. The number of carbonyl (C=O) groups excluding carboxylic acids is 1. The fraction of sp³-hybridized carbons (Fsp3) is 0.731. The minimum atomic E-state index is -0.00565. The number of rotatable bonds is 18. The van der Waals surface area contributed by atoms with Gasteiger partial charge in [-0.25, -0.2) is 0 Å². The molecule has 0 radical (unpaired) electrons. The van der Waals surface area contributed by atoms with Crippen LogP contribution in [0.5, 0.6) is 5.75 Å². The Morgan fingerprint density at radius 3 is 1.86 bits per heavy atom. The first-order chi connectivity index (χ1) is 14.1. The van der Waals surface area contributed by atoms with Gasteiger partial charge >= 0.3 is 0 Å². The van der Waals surface area contributed by atoms with E-state index in [9.17, 15) is 4.79 Å². The third kappa shape index (κ3) is 14.2. The Morgan fingerprint density at radius 1 is 0.828 bits per heavy atom. The quantitative estimate of drug-likeness (QED) is 0.255. The van der Waals surface area contributed by atoms with Gasteiger partial charge in [0.25, 0.3) is 5.91 Å². The molecule has 1 aromatic rings. The second-order valence-corrected chi connectivity index (χ2v) is 8.55. The molecule has 0 saturated heterocycles. The molecule has 1 aromatic carbocycles. The number of unbranched alkanes of at least 4 members (excludes halogenated alkanes) is 13. The van der Waals surface area contributed by atoms with Crippen molar-refractivity contribution in [1.29, 1.82) is 0 Å². The van der Waals surface area contributed by atoms with Crippen molar-refractivity contribution < 1.29 is 9.53 Å². The molecule has 0 aliphatic heterocycles. The maximum absolute atomic E-state index is 12.2. The van der Waals surface area contributed by atoms with Crippen LogP contribution in [-0.4, -0.2) is 18.6 Å². The lowest BCUT2D eigenvalue weighted by Crippen LogP contribution is -2.24. The molecule has 1 N–H and O–H groups in total. The lowest BCUT2D eigenvalue weighted by molar-refractivity contribution is 0.0952. The van der Waals surface area contributed by atoms with Crippen molar-refractivity contribution in [2.75, 3.05) is 6.54 Å². The van der Waals surface area contributed by atoms with Crippen LogP contribution in [0.4, 0.5) is 0 Å². The zero-order chi connectivity index (χ0) is 21.2. The van der Waals surface area contributed by atoms with Crippen molar-refractivity contribution in [1.82, 2.24) is 5.32 Å². The molecule has 0 heterocycles. The summed E-state index contributed by atoms with van der Waals surface area (Å²) in [6, 6.07) is 7.43. The van der Waals surface area contributed by atoms with E-state index in [4.69, 9.17) is 4.74 Å². The molecule has 0 aliphatic carbocycles. The molecule has 0 atom stereocenters. The molecule has 1 amide bonds. The number of nitrogens with one attached hydrogen (secondary N) is 1. The lowest BCUT2D eigenvalue weighted by Gasteiger charge is -2.11. The van der Waals surface area contributed by atoms with Gasteiger partial charge in [-0.1, -0.05) is 96.5 Å². The molecule has 0 unspecified atom stereocenters. The molecule has 0 saturated carbocycles. The Morgan fingerprint density at radius 2 is 1.34 bits per heavy atom. The van der Waals surface area contributed by atoms with Gasteiger partial charge in [0.05, 0.1) is 6.10 Å². The average Bonchev–Trinajstić information content (AvgIpc) is 2.70. The van der Waals surface area contributed by atoms with Crippen molar-refractivity contribution in [2.24, 2.45) is 0 Å². The number of benzene rings is 1. The summed E-state index contributed by atoms with van der Waals surface area (Å²) in [5, 5.41) is 3.03. The largest absolute Gasteiger partial charge is 0.491 e. The Bertz CT molecular complexity index is 527. The van der Waals surface area contributed by atoms with Crippen LogP contribution in [0.25, 0.3) is 0 Å². The van der Waals surface area contributed by atoms with E-state index in [1.807, 2.05) is 38.1 Å². The molecular weight excluding hydrogens is 358 g/mol. The topological polar surface area (TPSA) is 38.3 Å². The van der Waals surface area contributed by atoms with E-state index >= 15 is 0 Å². The second-order valence-electron chi connectivity index (χ2n) is 8.55. The van der Waals surface area contributed by atoms with Gasteiger partial charge in [-0.2, -0.15) is 0 Å². The number of carbonyl (C=O) groups is 1. The van der Waals surface area contributed by atoms with E-state index in [1.54, 1.807) is 0 Å². The van der Waals surface area contributed by atoms with E-state index in [0.29, 0.717) is 5.56 Å². The highest BCUT2D eigenvalue weighted by atomic mass is 16.5. The molecule has 0 bridgehead atoms. The molecule has 0 aliphatic rings. The van der Waals surface area contributed by atoms with E-state index in [1.165, 1.54) is 83.5 Å². The number of hydrogen-bond acceptors (Lipinski definition) is 2. The fourth-order valence-corrected chi connectivity index (χ4v) is 3.61. The maximum Gasteiger partial charge on any atom is 0.251 e. The standard InChI is InChI=1S/C26H45NO2/c1-4-5-6-7-8-9-10-11-12-13-14-15-16-17-21-27-26(28)24-19-18-20-25(22-24)29-23(2)3/h18-20,22-23H,4-17,21H2,1-3H3,(H,27,28).